The molecule has 1 N–H and O–H groups in total. The highest BCUT2D eigenvalue weighted by atomic mass is 16.5. The molecule has 22 heavy (non-hydrogen) atoms. The van der Waals surface area contributed by atoms with Crippen molar-refractivity contribution in [2.45, 2.75) is 71.3 Å². The lowest BCUT2D eigenvalue weighted by molar-refractivity contribution is -0.141. The smallest absolute Gasteiger partial charge is 0.302 e. The van der Waals surface area contributed by atoms with Gasteiger partial charge in [-0.05, 0) is 36.8 Å². The van der Waals surface area contributed by atoms with E-state index in [0.29, 0.717) is 13.0 Å². The molecule has 0 aliphatic rings. The van der Waals surface area contributed by atoms with Crippen LogP contribution in [0.1, 0.15) is 65.2 Å². The number of hydrogen-bond donors (Lipinski definition) is 1. The van der Waals surface area contributed by atoms with E-state index in [1.165, 1.54) is 32.6 Å². The topological polar surface area (TPSA) is 46.5 Å². The van der Waals surface area contributed by atoms with Crippen LogP contribution in [0.25, 0.3) is 0 Å². The zero-order valence-corrected chi connectivity index (χ0v) is 13.9. The molecule has 0 spiro atoms. The summed E-state index contributed by atoms with van der Waals surface area (Å²) in [5.41, 5.74) is 0. The van der Waals surface area contributed by atoms with Crippen LogP contribution < -0.4 is 0 Å². The van der Waals surface area contributed by atoms with Gasteiger partial charge in [-0.3, -0.25) is 4.79 Å². The van der Waals surface area contributed by atoms with Crippen LogP contribution in [0.4, 0.5) is 0 Å². The van der Waals surface area contributed by atoms with Gasteiger partial charge in [0.1, 0.15) is 0 Å². The van der Waals surface area contributed by atoms with E-state index < -0.39 is 6.10 Å². The first-order valence-corrected chi connectivity index (χ1v) is 8.13. The summed E-state index contributed by atoms with van der Waals surface area (Å²) in [6.45, 7) is 3.99. The Bertz CT molecular complexity index is 429. The van der Waals surface area contributed by atoms with E-state index in [1.807, 2.05) is 0 Å². The van der Waals surface area contributed by atoms with Crippen molar-refractivity contribution in [3.8, 4) is 23.7 Å². The standard InChI is InChI=1S/C19H28O3/c1-3-4-5-9-12-15-19(21)16-13-10-7-6-8-11-14-17-22-18(2)20/h13,16,19,21H,3-5,9,11-12,14-15,17H2,1-2H3/b16-13+/t19-/m1/s1. The second-order valence-electron chi connectivity index (χ2n) is 5.14. The number of unbranched alkanes of at least 4 members (excludes halogenated alkanes) is 5. The summed E-state index contributed by atoms with van der Waals surface area (Å²) in [6.07, 6.45) is 11.1. The van der Waals surface area contributed by atoms with Crippen LogP contribution in [0.2, 0.25) is 0 Å². The van der Waals surface area contributed by atoms with Crippen LogP contribution >= 0.6 is 0 Å². The minimum Gasteiger partial charge on any atom is -0.466 e. The summed E-state index contributed by atoms with van der Waals surface area (Å²) in [5.74, 6) is 10.9. The van der Waals surface area contributed by atoms with Gasteiger partial charge < -0.3 is 9.84 Å². The van der Waals surface area contributed by atoms with Crippen molar-refractivity contribution in [1.29, 1.82) is 0 Å². The van der Waals surface area contributed by atoms with E-state index in [4.69, 9.17) is 4.74 Å². The predicted molar refractivity (Wildman–Crippen MR) is 89.9 cm³/mol. The first kappa shape index (κ1) is 20.3. The normalized spacial score (nSPS) is 11.2. The van der Waals surface area contributed by atoms with E-state index in [1.54, 1.807) is 12.2 Å². The largest absolute Gasteiger partial charge is 0.466 e. The summed E-state index contributed by atoms with van der Waals surface area (Å²) in [4.78, 5) is 10.5. The van der Waals surface area contributed by atoms with Gasteiger partial charge in [-0.15, -0.1) is 0 Å². The Labute approximate surface area is 135 Å². The zero-order valence-electron chi connectivity index (χ0n) is 13.9. The maximum absolute atomic E-state index is 10.5. The molecule has 0 radical (unpaired) electrons. The molecule has 0 aliphatic heterocycles. The van der Waals surface area contributed by atoms with Gasteiger partial charge in [0.2, 0.25) is 0 Å². The molecule has 0 fully saturated rings. The third kappa shape index (κ3) is 16.3. The highest BCUT2D eigenvalue weighted by Crippen LogP contribution is 2.07. The number of allylic oxidation sites excluding steroid dienone is 1. The third-order valence-electron chi connectivity index (χ3n) is 2.98. The van der Waals surface area contributed by atoms with E-state index in [2.05, 4.69) is 30.6 Å². The minimum atomic E-state index is -0.410. The molecule has 0 aliphatic carbocycles. The van der Waals surface area contributed by atoms with Crippen molar-refractivity contribution in [2.24, 2.45) is 0 Å². The summed E-state index contributed by atoms with van der Waals surface area (Å²) >= 11 is 0. The highest BCUT2D eigenvalue weighted by Gasteiger charge is 1.97. The Kier molecular flexibility index (Phi) is 14.5. The van der Waals surface area contributed by atoms with Crippen LogP contribution in [0.3, 0.4) is 0 Å². The lowest BCUT2D eigenvalue weighted by atomic mass is 10.1. The Hall–Kier alpha value is -1.71. The molecule has 3 nitrogen and oxygen atoms in total. The summed E-state index contributed by atoms with van der Waals surface area (Å²) in [6, 6.07) is 0. The SMILES string of the molecule is CCCCCCC[C@@H](O)/C=C/C#CC#CCCCOC(C)=O. The van der Waals surface area contributed by atoms with E-state index in [-0.39, 0.29) is 5.97 Å². The first-order valence-electron chi connectivity index (χ1n) is 8.13. The maximum atomic E-state index is 10.5. The van der Waals surface area contributed by atoms with Gasteiger partial charge in [0.25, 0.3) is 0 Å². The molecule has 1 atom stereocenters. The molecule has 0 aromatic carbocycles. The van der Waals surface area contributed by atoms with Crippen LogP contribution in [0, 0.1) is 23.7 Å². The van der Waals surface area contributed by atoms with Crippen LogP contribution in [-0.2, 0) is 9.53 Å². The molecule has 0 unspecified atom stereocenters. The quantitative estimate of drug-likeness (QED) is 0.381. The molecule has 0 amide bonds. The summed E-state index contributed by atoms with van der Waals surface area (Å²) in [5, 5.41) is 9.72. The fourth-order valence-corrected chi connectivity index (χ4v) is 1.77. The molecule has 0 bridgehead atoms. The predicted octanol–water partition coefficient (Wildman–Crippen LogP) is 3.61. The summed E-state index contributed by atoms with van der Waals surface area (Å²) in [7, 11) is 0. The van der Waals surface area contributed by atoms with Crippen molar-refractivity contribution in [3.63, 3.8) is 0 Å². The van der Waals surface area contributed by atoms with Crippen molar-refractivity contribution in [2.75, 3.05) is 6.61 Å². The molecule has 122 valence electrons. The Balaban J connectivity index is 3.65. The Morgan fingerprint density at radius 2 is 1.95 bits per heavy atom. The fourth-order valence-electron chi connectivity index (χ4n) is 1.77. The molecular formula is C19H28O3. The Morgan fingerprint density at radius 1 is 1.18 bits per heavy atom. The molecule has 0 aromatic rings. The van der Waals surface area contributed by atoms with Gasteiger partial charge in [-0.2, -0.15) is 0 Å². The van der Waals surface area contributed by atoms with Crippen LogP contribution in [-0.4, -0.2) is 23.8 Å². The molecule has 0 aromatic heterocycles. The molecule has 0 heterocycles. The second-order valence-corrected chi connectivity index (χ2v) is 5.14. The summed E-state index contributed by atoms with van der Waals surface area (Å²) < 4.78 is 4.79. The third-order valence-corrected chi connectivity index (χ3v) is 2.98. The van der Waals surface area contributed by atoms with Crippen molar-refractivity contribution >= 4 is 5.97 Å². The number of rotatable bonds is 10. The van der Waals surface area contributed by atoms with Gasteiger partial charge in [-0.1, -0.05) is 50.9 Å². The molecule has 3 heteroatoms. The molecule has 0 saturated carbocycles. The second kappa shape index (κ2) is 15.7. The number of aliphatic hydroxyl groups excluding tert-OH is 1. The zero-order chi connectivity index (χ0) is 16.5. The molecule has 0 rings (SSSR count). The highest BCUT2D eigenvalue weighted by molar-refractivity contribution is 5.65. The number of carbonyl (C=O) groups excluding carboxylic acids is 1. The lowest BCUT2D eigenvalue weighted by Gasteiger charge is -2.03. The van der Waals surface area contributed by atoms with Crippen molar-refractivity contribution < 1.29 is 14.6 Å². The van der Waals surface area contributed by atoms with E-state index in [0.717, 1.165) is 19.3 Å². The monoisotopic (exact) mass is 304 g/mol. The number of aliphatic hydroxyl groups is 1. The number of ether oxygens (including phenoxy) is 1. The molecular weight excluding hydrogens is 276 g/mol. The van der Waals surface area contributed by atoms with Gasteiger partial charge in [0.15, 0.2) is 0 Å². The molecule has 0 saturated heterocycles. The van der Waals surface area contributed by atoms with Crippen LogP contribution in [0.15, 0.2) is 12.2 Å². The number of hydrogen-bond acceptors (Lipinski definition) is 3. The van der Waals surface area contributed by atoms with Gasteiger partial charge >= 0.3 is 5.97 Å². The van der Waals surface area contributed by atoms with Crippen LogP contribution in [0.5, 0.6) is 0 Å². The Morgan fingerprint density at radius 3 is 2.68 bits per heavy atom. The minimum absolute atomic E-state index is 0.262. The van der Waals surface area contributed by atoms with Gasteiger partial charge in [0.05, 0.1) is 12.7 Å². The van der Waals surface area contributed by atoms with Gasteiger partial charge in [-0.25, -0.2) is 0 Å². The fraction of sp³-hybridized carbons (Fsp3) is 0.632. The lowest BCUT2D eigenvalue weighted by Crippen LogP contribution is -2.01. The van der Waals surface area contributed by atoms with Crippen molar-refractivity contribution in [1.82, 2.24) is 0 Å². The number of esters is 1. The average molecular weight is 304 g/mol. The van der Waals surface area contributed by atoms with E-state index >= 15 is 0 Å². The number of carbonyl (C=O) groups is 1. The average Bonchev–Trinajstić information content (AvgIpc) is 2.48. The first-order chi connectivity index (χ1) is 10.7. The van der Waals surface area contributed by atoms with E-state index in [9.17, 15) is 9.90 Å². The van der Waals surface area contributed by atoms with Gasteiger partial charge in [0, 0.05) is 13.3 Å². The van der Waals surface area contributed by atoms with Crippen molar-refractivity contribution in [3.05, 3.63) is 12.2 Å². The maximum Gasteiger partial charge on any atom is 0.302 e.